The fourth-order valence-electron chi connectivity index (χ4n) is 4.26. The van der Waals surface area contributed by atoms with Gasteiger partial charge in [0, 0.05) is 54.6 Å². The van der Waals surface area contributed by atoms with Crippen molar-refractivity contribution in [3.8, 4) is 11.4 Å². The Kier molecular flexibility index (Phi) is 4.27. The molecule has 134 valence electrons. The second-order valence-corrected chi connectivity index (χ2v) is 7.41. The van der Waals surface area contributed by atoms with Crippen LogP contribution in [0.3, 0.4) is 0 Å². The van der Waals surface area contributed by atoms with E-state index in [4.69, 9.17) is 0 Å². The molecule has 0 N–H and O–H groups in total. The van der Waals surface area contributed by atoms with Gasteiger partial charge in [0.25, 0.3) is 0 Å². The molecule has 0 aliphatic carbocycles. The molecule has 0 saturated carbocycles. The minimum absolute atomic E-state index is 1.23. The molecule has 0 aliphatic rings. The minimum Gasteiger partial charge on any atom is -0.164 e. The molecule has 2 nitrogen and oxygen atoms in total. The largest absolute Gasteiger partial charge is 0.223 e. The number of rotatable bonds is 2. The molecule has 0 aliphatic heterocycles. The Morgan fingerprint density at radius 3 is 2.11 bits per heavy atom. The summed E-state index contributed by atoms with van der Waals surface area (Å²) in [6, 6.07) is 21.7. The molecular weight excluding hydrogens is 328 g/mol. The lowest BCUT2D eigenvalue weighted by Gasteiger charge is -2.13. The number of para-hydroxylation sites is 1. The van der Waals surface area contributed by atoms with Crippen LogP contribution in [0, 0.1) is 34.6 Å². The average molecular weight is 354 g/mol. The van der Waals surface area contributed by atoms with Crippen molar-refractivity contribution in [3.05, 3.63) is 94.9 Å². The predicted molar refractivity (Wildman–Crippen MR) is 111 cm³/mol. The van der Waals surface area contributed by atoms with Crippen molar-refractivity contribution in [3.63, 3.8) is 0 Å². The second-order valence-electron chi connectivity index (χ2n) is 7.41. The van der Waals surface area contributed by atoms with Crippen molar-refractivity contribution in [2.45, 2.75) is 34.6 Å². The van der Waals surface area contributed by atoms with E-state index in [1.807, 2.05) is 0 Å². The van der Waals surface area contributed by atoms with Crippen LogP contribution in [0.4, 0.5) is 0 Å². The van der Waals surface area contributed by atoms with Crippen LogP contribution < -0.4 is 9.13 Å². The Morgan fingerprint density at radius 2 is 1.33 bits per heavy atom. The highest BCUT2D eigenvalue weighted by molar-refractivity contribution is 5.76. The number of pyridine rings is 2. The maximum Gasteiger partial charge on any atom is 0.223 e. The summed E-state index contributed by atoms with van der Waals surface area (Å²) < 4.78 is 4.70. The molecule has 0 unspecified atom stereocenters. The fourth-order valence-corrected chi connectivity index (χ4v) is 4.26. The third-order valence-corrected chi connectivity index (χ3v) is 5.45. The van der Waals surface area contributed by atoms with Crippen molar-refractivity contribution in [2.24, 2.45) is 0 Å². The molecule has 0 atom stereocenters. The van der Waals surface area contributed by atoms with Gasteiger partial charge in [-0.05, 0) is 39.0 Å². The molecule has 27 heavy (non-hydrogen) atoms. The standard InChI is InChI=1S/C25H26N2/c1-17-16-18(2)25(21(5)24(17)26-15-9-8-10-19(26)3)27-20(4)13-14-22-11-6-7-12-23(22)27/h6-16H,1-5H3/q+2. The summed E-state index contributed by atoms with van der Waals surface area (Å²) in [5.74, 6) is 0. The first kappa shape index (κ1) is 17.4. The first-order chi connectivity index (χ1) is 13.0. The van der Waals surface area contributed by atoms with Crippen molar-refractivity contribution in [1.29, 1.82) is 0 Å². The Morgan fingerprint density at radius 1 is 0.630 bits per heavy atom. The van der Waals surface area contributed by atoms with Gasteiger partial charge in [-0.1, -0.05) is 18.2 Å². The molecule has 0 bridgehead atoms. The zero-order valence-corrected chi connectivity index (χ0v) is 16.7. The summed E-state index contributed by atoms with van der Waals surface area (Å²) in [6.07, 6.45) is 2.16. The van der Waals surface area contributed by atoms with Gasteiger partial charge in [0.1, 0.15) is 0 Å². The number of aryl methyl sites for hydroxylation is 4. The van der Waals surface area contributed by atoms with Crippen LogP contribution in [0.2, 0.25) is 0 Å². The van der Waals surface area contributed by atoms with E-state index in [0.29, 0.717) is 0 Å². The number of hydrogen-bond acceptors (Lipinski definition) is 0. The third kappa shape index (κ3) is 2.82. The molecule has 0 spiro atoms. The van der Waals surface area contributed by atoms with Crippen LogP contribution in [-0.2, 0) is 0 Å². The van der Waals surface area contributed by atoms with E-state index in [1.54, 1.807) is 0 Å². The van der Waals surface area contributed by atoms with Gasteiger partial charge in [0.05, 0.1) is 5.56 Å². The van der Waals surface area contributed by atoms with Crippen LogP contribution in [0.15, 0.2) is 66.9 Å². The van der Waals surface area contributed by atoms with E-state index in [1.165, 1.54) is 50.4 Å². The number of hydrogen-bond donors (Lipinski definition) is 0. The summed E-state index contributed by atoms with van der Waals surface area (Å²) in [5.41, 5.74) is 10.2. The lowest BCUT2D eigenvalue weighted by atomic mass is 10.00. The van der Waals surface area contributed by atoms with E-state index in [9.17, 15) is 0 Å². The highest BCUT2D eigenvalue weighted by Crippen LogP contribution is 2.25. The quantitative estimate of drug-likeness (QED) is 0.451. The summed E-state index contributed by atoms with van der Waals surface area (Å²) >= 11 is 0. The topological polar surface area (TPSA) is 7.76 Å². The monoisotopic (exact) mass is 354 g/mol. The van der Waals surface area contributed by atoms with E-state index >= 15 is 0 Å². The smallest absolute Gasteiger partial charge is 0.164 e. The van der Waals surface area contributed by atoms with Crippen molar-refractivity contribution in [1.82, 2.24) is 0 Å². The first-order valence-electron chi connectivity index (χ1n) is 9.48. The zero-order chi connectivity index (χ0) is 19.1. The van der Waals surface area contributed by atoms with Crippen LogP contribution in [0.1, 0.15) is 28.1 Å². The molecule has 2 heteroatoms. The van der Waals surface area contributed by atoms with Gasteiger partial charge >= 0.3 is 0 Å². The van der Waals surface area contributed by atoms with E-state index in [-0.39, 0.29) is 0 Å². The maximum absolute atomic E-state index is 2.40. The molecule has 2 aromatic heterocycles. The van der Waals surface area contributed by atoms with Gasteiger partial charge in [-0.25, -0.2) is 0 Å². The highest BCUT2D eigenvalue weighted by Gasteiger charge is 2.28. The van der Waals surface area contributed by atoms with Gasteiger partial charge in [-0.3, -0.25) is 0 Å². The summed E-state index contributed by atoms with van der Waals surface area (Å²) in [7, 11) is 0. The Labute approximate surface area is 161 Å². The van der Waals surface area contributed by atoms with E-state index < -0.39 is 0 Å². The maximum atomic E-state index is 2.40. The second kappa shape index (κ2) is 6.62. The number of aromatic nitrogens is 2. The number of nitrogens with zero attached hydrogens (tertiary/aromatic N) is 2. The Balaban J connectivity index is 2.11. The van der Waals surface area contributed by atoms with Crippen LogP contribution in [0.25, 0.3) is 22.3 Å². The van der Waals surface area contributed by atoms with Crippen LogP contribution in [-0.4, -0.2) is 0 Å². The Bertz CT molecular complexity index is 1170. The number of fused-ring (bicyclic) bond motifs is 1. The number of benzene rings is 2. The molecule has 0 amide bonds. The SMILES string of the molecule is Cc1cc(C)c(-[n+]2c(C)ccc3ccccc32)c(C)c1-[n+]1ccccc1C. The molecule has 0 radical (unpaired) electrons. The lowest BCUT2D eigenvalue weighted by Crippen LogP contribution is -2.41. The molecule has 0 saturated heterocycles. The van der Waals surface area contributed by atoms with Crippen LogP contribution in [0.5, 0.6) is 0 Å². The average Bonchev–Trinajstić information content (AvgIpc) is 2.64. The summed E-state index contributed by atoms with van der Waals surface area (Å²) in [6.45, 7) is 11.0. The van der Waals surface area contributed by atoms with Crippen molar-refractivity contribution < 1.29 is 9.13 Å². The van der Waals surface area contributed by atoms with Gasteiger partial charge in [0.2, 0.25) is 16.9 Å². The first-order valence-corrected chi connectivity index (χ1v) is 9.48. The van der Waals surface area contributed by atoms with Crippen molar-refractivity contribution in [2.75, 3.05) is 0 Å². The van der Waals surface area contributed by atoms with Crippen molar-refractivity contribution >= 4 is 10.9 Å². The summed E-state index contributed by atoms with van der Waals surface area (Å²) in [4.78, 5) is 0. The summed E-state index contributed by atoms with van der Waals surface area (Å²) in [5, 5.41) is 1.26. The minimum atomic E-state index is 1.23. The van der Waals surface area contributed by atoms with Gasteiger partial charge in [-0.15, -0.1) is 0 Å². The molecule has 2 aromatic carbocycles. The molecule has 0 fully saturated rings. The Hall–Kier alpha value is -3.00. The van der Waals surface area contributed by atoms with Gasteiger partial charge < -0.3 is 0 Å². The third-order valence-electron chi connectivity index (χ3n) is 5.45. The highest BCUT2D eigenvalue weighted by atomic mass is 15.0. The fraction of sp³-hybridized carbons (Fsp3) is 0.200. The molecule has 4 aromatic rings. The molecule has 4 rings (SSSR count). The molecule has 2 heterocycles. The molecular formula is C25H26N2+2. The predicted octanol–water partition coefficient (Wildman–Crippen LogP) is 4.94. The van der Waals surface area contributed by atoms with E-state index in [0.717, 1.165) is 0 Å². The normalized spacial score (nSPS) is 11.1. The van der Waals surface area contributed by atoms with Gasteiger partial charge in [-0.2, -0.15) is 9.13 Å². The lowest BCUT2D eigenvalue weighted by molar-refractivity contribution is -0.606. The van der Waals surface area contributed by atoms with Gasteiger partial charge in [0.15, 0.2) is 17.6 Å². The van der Waals surface area contributed by atoms with Crippen LogP contribution >= 0.6 is 0 Å². The zero-order valence-electron chi connectivity index (χ0n) is 16.7. The van der Waals surface area contributed by atoms with E-state index in [2.05, 4.69) is 111 Å².